The van der Waals surface area contributed by atoms with E-state index in [0.717, 1.165) is 5.56 Å². The summed E-state index contributed by atoms with van der Waals surface area (Å²) in [6.45, 7) is 1.94. The molecule has 0 aliphatic heterocycles. The van der Waals surface area contributed by atoms with Gasteiger partial charge in [-0.1, -0.05) is 35.0 Å². The molecule has 1 amide bonds. The number of carbonyl (C=O) groups excluding carboxylic acids is 1. The van der Waals surface area contributed by atoms with Crippen molar-refractivity contribution in [1.82, 2.24) is 0 Å². The van der Waals surface area contributed by atoms with Crippen molar-refractivity contribution in [2.24, 2.45) is 10.9 Å². The van der Waals surface area contributed by atoms with Crippen molar-refractivity contribution >= 4 is 17.4 Å². The van der Waals surface area contributed by atoms with Crippen LogP contribution >= 0.6 is 0 Å². The zero-order valence-electron chi connectivity index (χ0n) is 11.9. The number of aryl methyl sites for hydroxylation is 1. The number of amides is 1. The molecule has 0 atom stereocenters. The number of hydrogen-bond acceptors (Lipinski definition) is 3. The quantitative estimate of drug-likeness (QED) is 0.393. The molecule has 0 aliphatic carbocycles. The minimum absolute atomic E-state index is 0.00764. The summed E-state index contributed by atoms with van der Waals surface area (Å²) in [4.78, 5) is 14.0. The molecule has 0 saturated carbocycles. The highest BCUT2D eigenvalue weighted by atomic mass is 16.4. The van der Waals surface area contributed by atoms with E-state index < -0.39 is 0 Å². The Morgan fingerprint density at radius 1 is 1.14 bits per heavy atom. The summed E-state index contributed by atoms with van der Waals surface area (Å²) in [5.74, 6) is -0.108. The monoisotopic (exact) mass is 283 g/mol. The third-order valence-electron chi connectivity index (χ3n) is 3.21. The predicted molar refractivity (Wildman–Crippen MR) is 82.9 cm³/mol. The fourth-order valence-corrected chi connectivity index (χ4v) is 2.02. The van der Waals surface area contributed by atoms with E-state index in [1.807, 2.05) is 25.1 Å². The highest BCUT2D eigenvalue weighted by molar-refractivity contribution is 6.06. The van der Waals surface area contributed by atoms with Crippen LogP contribution in [0.1, 0.15) is 21.5 Å². The van der Waals surface area contributed by atoms with E-state index >= 15 is 0 Å². The van der Waals surface area contributed by atoms with Crippen LogP contribution in [0.3, 0.4) is 0 Å². The van der Waals surface area contributed by atoms with Gasteiger partial charge >= 0.3 is 0 Å². The molecule has 2 aromatic carbocycles. The van der Waals surface area contributed by atoms with Crippen molar-refractivity contribution < 1.29 is 10.0 Å². The third kappa shape index (κ3) is 3.20. The van der Waals surface area contributed by atoms with Crippen LogP contribution in [0, 0.1) is 6.92 Å². The Bertz CT molecular complexity index is 695. The SMILES string of the molecule is Cc1cccc(C(=O)N(C)c2cccc(C(N)=NO)c2)c1. The summed E-state index contributed by atoms with van der Waals surface area (Å²) < 4.78 is 0. The molecular formula is C16H17N3O2. The van der Waals surface area contributed by atoms with E-state index in [0.29, 0.717) is 16.8 Å². The third-order valence-corrected chi connectivity index (χ3v) is 3.21. The highest BCUT2D eigenvalue weighted by Crippen LogP contribution is 2.18. The lowest BCUT2D eigenvalue weighted by Crippen LogP contribution is -2.26. The Balaban J connectivity index is 2.31. The summed E-state index contributed by atoms with van der Waals surface area (Å²) in [6.07, 6.45) is 0. The second kappa shape index (κ2) is 6.09. The lowest BCUT2D eigenvalue weighted by Gasteiger charge is -2.18. The maximum absolute atomic E-state index is 12.5. The van der Waals surface area contributed by atoms with Crippen LogP contribution in [-0.2, 0) is 0 Å². The predicted octanol–water partition coefficient (Wildman–Crippen LogP) is 2.37. The summed E-state index contributed by atoms with van der Waals surface area (Å²) in [6, 6.07) is 14.4. The number of carbonyl (C=O) groups is 1. The van der Waals surface area contributed by atoms with Gasteiger partial charge in [-0.25, -0.2) is 0 Å². The molecule has 0 heterocycles. The Hall–Kier alpha value is -2.82. The minimum Gasteiger partial charge on any atom is -0.409 e. The maximum atomic E-state index is 12.5. The first kappa shape index (κ1) is 14.6. The molecule has 0 radical (unpaired) electrons. The Labute approximate surface area is 123 Å². The van der Waals surface area contributed by atoms with E-state index in [4.69, 9.17) is 10.9 Å². The van der Waals surface area contributed by atoms with Gasteiger partial charge in [-0.15, -0.1) is 0 Å². The maximum Gasteiger partial charge on any atom is 0.258 e. The second-order valence-electron chi connectivity index (χ2n) is 4.77. The normalized spacial score (nSPS) is 11.2. The molecule has 0 unspecified atom stereocenters. The minimum atomic E-state index is -0.115. The number of anilines is 1. The Morgan fingerprint density at radius 2 is 1.81 bits per heavy atom. The molecule has 0 spiro atoms. The zero-order chi connectivity index (χ0) is 15.4. The average Bonchev–Trinajstić information content (AvgIpc) is 2.52. The van der Waals surface area contributed by atoms with Crippen LogP contribution < -0.4 is 10.6 Å². The van der Waals surface area contributed by atoms with Gasteiger partial charge in [0.05, 0.1) is 0 Å². The number of hydrogen-bond donors (Lipinski definition) is 2. The van der Waals surface area contributed by atoms with Crippen LogP contribution in [-0.4, -0.2) is 24.0 Å². The van der Waals surface area contributed by atoms with Crippen LogP contribution in [0.5, 0.6) is 0 Å². The van der Waals surface area contributed by atoms with Crippen LogP contribution in [0.4, 0.5) is 5.69 Å². The molecule has 0 aromatic heterocycles. The van der Waals surface area contributed by atoms with E-state index in [-0.39, 0.29) is 11.7 Å². The molecule has 2 aromatic rings. The first-order valence-electron chi connectivity index (χ1n) is 6.45. The van der Waals surface area contributed by atoms with Gasteiger partial charge in [-0.05, 0) is 31.2 Å². The van der Waals surface area contributed by atoms with Crippen LogP contribution in [0.2, 0.25) is 0 Å². The van der Waals surface area contributed by atoms with Crippen molar-refractivity contribution in [2.75, 3.05) is 11.9 Å². The molecule has 0 aliphatic rings. The van der Waals surface area contributed by atoms with Gasteiger partial charge in [-0.2, -0.15) is 0 Å². The molecule has 21 heavy (non-hydrogen) atoms. The van der Waals surface area contributed by atoms with Gasteiger partial charge in [0.1, 0.15) is 0 Å². The number of amidine groups is 1. The number of benzene rings is 2. The van der Waals surface area contributed by atoms with Crippen LogP contribution in [0.25, 0.3) is 0 Å². The van der Waals surface area contributed by atoms with Crippen molar-refractivity contribution in [3.63, 3.8) is 0 Å². The largest absolute Gasteiger partial charge is 0.409 e. The molecule has 3 N–H and O–H groups in total. The number of nitrogens with zero attached hydrogens (tertiary/aromatic N) is 2. The Morgan fingerprint density at radius 3 is 2.48 bits per heavy atom. The van der Waals surface area contributed by atoms with Gasteiger partial charge in [0, 0.05) is 23.9 Å². The molecule has 0 saturated heterocycles. The standard InChI is InChI=1S/C16H17N3O2/c1-11-5-3-7-13(9-11)16(20)19(2)14-8-4-6-12(10-14)15(17)18-21/h3-10,21H,1-2H3,(H2,17,18). The van der Waals surface area contributed by atoms with E-state index in [1.54, 1.807) is 37.4 Å². The molecule has 0 fully saturated rings. The number of nitrogens with two attached hydrogens (primary N) is 1. The van der Waals surface area contributed by atoms with Crippen LogP contribution in [0.15, 0.2) is 53.7 Å². The average molecular weight is 283 g/mol. The Kier molecular flexibility index (Phi) is 4.23. The zero-order valence-corrected chi connectivity index (χ0v) is 11.9. The molecular weight excluding hydrogens is 266 g/mol. The molecule has 5 heteroatoms. The summed E-state index contributed by atoms with van der Waals surface area (Å²) in [5, 5.41) is 11.7. The summed E-state index contributed by atoms with van der Waals surface area (Å²) >= 11 is 0. The molecule has 2 rings (SSSR count). The van der Waals surface area contributed by atoms with E-state index in [9.17, 15) is 4.79 Å². The van der Waals surface area contributed by atoms with E-state index in [1.165, 1.54) is 4.90 Å². The van der Waals surface area contributed by atoms with Crippen molar-refractivity contribution in [2.45, 2.75) is 6.92 Å². The van der Waals surface area contributed by atoms with Gasteiger partial charge < -0.3 is 15.8 Å². The van der Waals surface area contributed by atoms with Gasteiger partial charge in [0.15, 0.2) is 5.84 Å². The fraction of sp³-hybridized carbons (Fsp3) is 0.125. The number of rotatable bonds is 3. The lowest BCUT2D eigenvalue weighted by molar-refractivity contribution is 0.0993. The number of oxime groups is 1. The molecule has 5 nitrogen and oxygen atoms in total. The van der Waals surface area contributed by atoms with E-state index in [2.05, 4.69) is 5.16 Å². The first-order chi connectivity index (χ1) is 10.0. The highest BCUT2D eigenvalue weighted by Gasteiger charge is 2.14. The first-order valence-corrected chi connectivity index (χ1v) is 6.45. The summed E-state index contributed by atoms with van der Waals surface area (Å²) in [7, 11) is 1.69. The fourth-order valence-electron chi connectivity index (χ4n) is 2.02. The van der Waals surface area contributed by atoms with Crippen molar-refractivity contribution in [3.8, 4) is 0 Å². The lowest BCUT2D eigenvalue weighted by atomic mass is 10.1. The van der Waals surface area contributed by atoms with Crippen molar-refractivity contribution in [1.29, 1.82) is 0 Å². The van der Waals surface area contributed by atoms with Gasteiger partial charge in [0.25, 0.3) is 5.91 Å². The summed E-state index contributed by atoms with van der Waals surface area (Å²) in [5.41, 5.74) is 8.44. The smallest absolute Gasteiger partial charge is 0.258 e. The molecule has 108 valence electrons. The van der Waals surface area contributed by atoms with Gasteiger partial charge in [-0.3, -0.25) is 4.79 Å². The molecule has 0 bridgehead atoms. The topological polar surface area (TPSA) is 78.9 Å². The second-order valence-corrected chi connectivity index (χ2v) is 4.77. The van der Waals surface area contributed by atoms with Crippen molar-refractivity contribution in [3.05, 3.63) is 65.2 Å². The van der Waals surface area contributed by atoms with Gasteiger partial charge in [0.2, 0.25) is 0 Å².